The molecule has 0 bridgehead atoms. The highest BCUT2D eigenvalue weighted by Crippen LogP contribution is 2.11. The number of hydrogen-bond donors (Lipinski definition) is 3. The molecule has 0 aliphatic rings. The molecule has 0 aromatic rings. The molecule has 15 heavy (non-hydrogen) atoms. The third-order valence-electron chi connectivity index (χ3n) is 1.59. The molecule has 0 aliphatic heterocycles. The first-order chi connectivity index (χ1) is 6.84. The molecule has 0 aromatic carbocycles. The molecule has 4 N–H and O–H groups in total. The first kappa shape index (κ1) is 13.8. The normalized spacial score (nSPS) is 14.0. The van der Waals surface area contributed by atoms with Crippen LogP contribution in [-0.4, -0.2) is 39.9 Å². The number of rotatable bonds is 6. The van der Waals surface area contributed by atoms with Crippen LogP contribution in [0.3, 0.4) is 0 Å². The average Bonchev–Trinajstić information content (AvgIpc) is 2.10. The molecule has 0 aliphatic carbocycles. The van der Waals surface area contributed by atoms with Crippen molar-refractivity contribution in [3.8, 4) is 0 Å². The number of carbonyl (C=O) groups excluding carboxylic acids is 2. The van der Waals surface area contributed by atoms with Crippen LogP contribution in [0.15, 0.2) is 0 Å². The molecule has 0 aromatic heterocycles. The van der Waals surface area contributed by atoms with Gasteiger partial charge in [0.1, 0.15) is 6.04 Å². The maximum Gasteiger partial charge on any atom is 0.327 e. The lowest BCUT2D eigenvalue weighted by Gasteiger charge is -2.14. The number of carboxylic acid groups (broad SMARTS) is 1. The number of nitrogens with two attached hydrogens (primary N) is 1. The largest absolute Gasteiger partial charge is 0.480 e. The van der Waals surface area contributed by atoms with Gasteiger partial charge in [0.15, 0.2) is 0 Å². The molecule has 2 unspecified atom stereocenters. The second kappa shape index (κ2) is 6.28. The van der Waals surface area contributed by atoms with Crippen molar-refractivity contribution in [1.29, 1.82) is 0 Å². The van der Waals surface area contributed by atoms with Gasteiger partial charge in [-0.3, -0.25) is 9.59 Å². The Morgan fingerprint density at radius 1 is 1.47 bits per heavy atom. The van der Waals surface area contributed by atoms with E-state index in [-0.39, 0.29) is 5.75 Å². The first-order valence-corrected chi connectivity index (χ1v) is 5.30. The van der Waals surface area contributed by atoms with Crippen molar-refractivity contribution in [2.75, 3.05) is 5.75 Å². The third-order valence-corrected chi connectivity index (χ3v) is 2.85. The van der Waals surface area contributed by atoms with Crippen molar-refractivity contribution in [3.05, 3.63) is 0 Å². The molecular formula is C8H14N2O4S. The fourth-order valence-electron chi connectivity index (χ4n) is 0.743. The number of carboxylic acids is 1. The summed E-state index contributed by atoms with van der Waals surface area (Å²) in [5, 5.41) is 10.5. The minimum absolute atomic E-state index is 0.110. The Kier molecular flexibility index (Phi) is 5.76. The van der Waals surface area contributed by atoms with Crippen molar-refractivity contribution >= 4 is 29.5 Å². The van der Waals surface area contributed by atoms with Gasteiger partial charge in [0.25, 0.3) is 0 Å². The minimum atomic E-state index is -1.13. The van der Waals surface area contributed by atoms with Gasteiger partial charge < -0.3 is 16.2 Å². The molecule has 2 amide bonds. The fraction of sp³-hybridized carbons (Fsp3) is 0.625. The van der Waals surface area contributed by atoms with Gasteiger partial charge in [-0.1, -0.05) is 0 Å². The van der Waals surface area contributed by atoms with Gasteiger partial charge in [0.05, 0.1) is 5.25 Å². The van der Waals surface area contributed by atoms with E-state index in [1.807, 2.05) is 0 Å². The fourth-order valence-corrected chi connectivity index (χ4v) is 1.61. The summed E-state index contributed by atoms with van der Waals surface area (Å²) in [6.07, 6.45) is 0. The molecule has 0 rings (SSSR count). The maximum atomic E-state index is 10.7. The zero-order valence-electron chi connectivity index (χ0n) is 8.52. The Labute approximate surface area is 91.6 Å². The number of primary amides is 1. The Hall–Kier alpha value is -1.24. The molecular weight excluding hydrogens is 220 g/mol. The number of hydrogen-bond acceptors (Lipinski definition) is 4. The number of thioether (sulfide) groups is 1. The van der Waals surface area contributed by atoms with Crippen molar-refractivity contribution in [1.82, 2.24) is 5.32 Å². The van der Waals surface area contributed by atoms with Gasteiger partial charge >= 0.3 is 5.97 Å². The van der Waals surface area contributed by atoms with Crippen LogP contribution >= 0.6 is 11.8 Å². The summed E-state index contributed by atoms with van der Waals surface area (Å²) >= 11 is 1.09. The van der Waals surface area contributed by atoms with Crippen LogP contribution in [0.1, 0.15) is 13.8 Å². The highest BCUT2D eigenvalue weighted by Gasteiger charge is 2.20. The van der Waals surface area contributed by atoms with Gasteiger partial charge in [-0.2, -0.15) is 0 Å². The molecule has 0 saturated carbocycles. The summed E-state index contributed by atoms with van der Waals surface area (Å²) in [7, 11) is 0. The van der Waals surface area contributed by atoms with Gasteiger partial charge in [-0.05, 0) is 6.92 Å². The van der Waals surface area contributed by atoms with Crippen LogP contribution in [0.25, 0.3) is 0 Å². The summed E-state index contributed by atoms with van der Waals surface area (Å²) in [5.74, 6) is -1.95. The zero-order chi connectivity index (χ0) is 12.0. The van der Waals surface area contributed by atoms with E-state index in [0.717, 1.165) is 11.8 Å². The highest BCUT2D eigenvalue weighted by molar-refractivity contribution is 8.00. The molecule has 0 fully saturated rings. The van der Waals surface area contributed by atoms with Gasteiger partial charge in [-0.25, -0.2) is 4.79 Å². The minimum Gasteiger partial charge on any atom is -0.480 e. The lowest BCUT2D eigenvalue weighted by atomic mass is 10.3. The number of nitrogens with one attached hydrogen (secondary N) is 1. The van der Waals surface area contributed by atoms with Crippen molar-refractivity contribution < 1.29 is 19.5 Å². The maximum absolute atomic E-state index is 10.7. The van der Waals surface area contributed by atoms with Crippen LogP contribution in [0, 0.1) is 0 Å². The van der Waals surface area contributed by atoms with E-state index in [0.29, 0.717) is 0 Å². The number of carbonyl (C=O) groups is 3. The summed E-state index contributed by atoms with van der Waals surface area (Å²) in [5.41, 5.74) is 5.01. The first-order valence-electron chi connectivity index (χ1n) is 4.25. The van der Waals surface area contributed by atoms with E-state index in [9.17, 15) is 14.4 Å². The standard InChI is InChI=1S/C8H14N2O4S/c1-4(7(9)12)15-3-6(8(13)14)10-5(2)11/h4,6H,3H2,1-2H3,(H2,9,12)(H,10,11)(H,13,14). The van der Waals surface area contributed by atoms with Crippen molar-refractivity contribution in [2.24, 2.45) is 5.73 Å². The third kappa shape index (κ3) is 5.95. The predicted molar refractivity (Wildman–Crippen MR) is 56.4 cm³/mol. The van der Waals surface area contributed by atoms with Crippen molar-refractivity contribution in [2.45, 2.75) is 25.1 Å². The van der Waals surface area contributed by atoms with E-state index in [1.165, 1.54) is 6.92 Å². The quantitative estimate of drug-likeness (QED) is 0.556. The van der Waals surface area contributed by atoms with Crippen LogP contribution in [0.5, 0.6) is 0 Å². The summed E-state index contributed by atoms with van der Waals surface area (Å²) in [4.78, 5) is 32.0. The lowest BCUT2D eigenvalue weighted by molar-refractivity contribution is -0.140. The Bertz CT molecular complexity index is 269. The lowest BCUT2D eigenvalue weighted by Crippen LogP contribution is -2.42. The Morgan fingerprint density at radius 3 is 2.33 bits per heavy atom. The summed E-state index contributed by atoms with van der Waals surface area (Å²) in [6.45, 7) is 2.82. The molecule has 0 radical (unpaired) electrons. The second-order valence-electron chi connectivity index (χ2n) is 2.97. The second-order valence-corrected chi connectivity index (χ2v) is 4.34. The highest BCUT2D eigenvalue weighted by atomic mass is 32.2. The SMILES string of the molecule is CC(=O)NC(CSC(C)C(N)=O)C(=O)O. The molecule has 0 heterocycles. The molecule has 7 heteroatoms. The molecule has 86 valence electrons. The van der Waals surface area contributed by atoms with Gasteiger partial charge in [0.2, 0.25) is 11.8 Å². The van der Waals surface area contributed by atoms with Crippen LogP contribution in [0.4, 0.5) is 0 Å². The average molecular weight is 234 g/mol. The van der Waals surface area contributed by atoms with E-state index in [2.05, 4.69) is 5.32 Å². The summed E-state index contributed by atoms with van der Waals surface area (Å²) < 4.78 is 0. The van der Waals surface area contributed by atoms with Gasteiger partial charge in [0, 0.05) is 12.7 Å². The topological polar surface area (TPSA) is 109 Å². The Morgan fingerprint density at radius 2 is 2.00 bits per heavy atom. The van der Waals surface area contributed by atoms with Gasteiger partial charge in [-0.15, -0.1) is 11.8 Å². The smallest absolute Gasteiger partial charge is 0.327 e. The Balaban J connectivity index is 4.13. The van der Waals surface area contributed by atoms with Crippen LogP contribution < -0.4 is 11.1 Å². The van der Waals surface area contributed by atoms with E-state index in [4.69, 9.17) is 10.8 Å². The number of amides is 2. The van der Waals surface area contributed by atoms with E-state index < -0.39 is 29.1 Å². The van der Waals surface area contributed by atoms with Crippen LogP contribution in [0.2, 0.25) is 0 Å². The molecule has 0 spiro atoms. The molecule has 6 nitrogen and oxygen atoms in total. The van der Waals surface area contributed by atoms with E-state index >= 15 is 0 Å². The predicted octanol–water partition coefficient (Wildman–Crippen LogP) is -0.817. The monoisotopic (exact) mass is 234 g/mol. The number of aliphatic carboxylic acids is 1. The van der Waals surface area contributed by atoms with Crippen molar-refractivity contribution in [3.63, 3.8) is 0 Å². The van der Waals surface area contributed by atoms with E-state index in [1.54, 1.807) is 6.92 Å². The zero-order valence-corrected chi connectivity index (χ0v) is 9.34. The summed E-state index contributed by atoms with van der Waals surface area (Å²) in [6, 6.07) is -0.991. The van der Waals surface area contributed by atoms with Crippen LogP contribution in [-0.2, 0) is 14.4 Å². The molecule has 0 saturated heterocycles. The molecule has 2 atom stereocenters.